The number of hydrogen-bond acceptors (Lipinski definition) is 6. The van der Waals surface area contributed by atoms with Crippen molar-refractivity contribution >= 4 is 21.5 Å². The Balaban J connectivity index is 2.15. The second-order valence-corrected chi connectivity index (χ2v) is 7.48. The molecule has 7 nitrogen and oxygen atoms in total. The van der Waals surface area contributed by atoms with Gasteiger partial charge in [0.25, 0.3) is 10.0 Å². The predicted molar refractivity (Wildman–Crippen MR) is 96.0 cm³/mol. The van der Waals surface area contributed by atoms with Crippen molar-refractivity contribution in [2.24, 2.45) is 0 Å². The standard InChI is InChI=1S/C18H19NO6S/c1-23-12-4-6-14-15(10-12)19(9-8-16(14)20)26(21,22)18-7-5-13(24-2)11-17(18)25-3/h4-7,10-11H,8-9H2,1-3H3. The summed E-state index contributed by atoms with van der Waals surface area (Å²) in [5.41, 5.74) is 0.659. The van der Waals surface area contributed by atoms with Crippen molar-refractivity contribution in [2.45, 2.75) is 11.3 Å². The minimum absolute atomic E-state index is 0.00363. The van der Waals surface area contributed by atoms with E-state index in [2.05, 4.69) is 0 Å². The van der Waals surface area contributed by atoms with E-state index < -0.39 is 10.0 Å². The Morgan fingerprint density at radius 1 is 0.923 bits per heavy atom. The number of ketones is 1. The van der Waals surface area contributed by atoms with Crippen molar-refractivity contribution in [3.63, 3.8) is 0 Å². The topological polar surface area (TPSA) is 82.1 Å². The highest BCUT2D eigenvalue weighted by Gasteiger charge is 2.34. The number of nitrogens with zero attached hydrogens (tertiary/aromatic N) is 1. The van der Waals surface area contributed by atoms with Crippen LogP contribution in [-0.2, 0) is 10.0 Å². The average molecular weight is 377 g/mol. The van der Waals surface area contributed by atoms with Crippen molar-refractivity contribution in [1.82, 2.24) is 0 Å². The maximum atomic E-state index is 13.3. The molecule has 0 N–H and O–H groups in total. The molecule has 0 aliphatic carbocycles. The fourth-order valence-electron chi connectivity index (χ4n) is 2.90. The van der Waals surface area contributed by atoms with Crippen molar-refractivity contribution in [2.75, 3.05) is 32.2 Å². The predicted octanol–water partition coefficient (Wildman–Crippen LogP) is 2.49. The van der Waals surface area contributed by atoms with E-state index in [9.17, 15) is 13.2 Å². The molecule has 1 aliphatic heterocycles. The van der Waals surface area contributed by atoms with Crippen LogP contribution in [0.3, 0.4) is 0 Å². The number of carbonyl (C=O) groups is 1. The van der Waals surface area contributed by atoms with Gasteiger partial charge in [-0.15, -0.1) is 0 Å². The molecule has 8 heteroatoms. The molecule has 26 heavy (non-hydrogen) atoms. The monoisotopic (exact) mass is 377 g/mol. The lowest BCUT2D eigenvalue weighted by atomic mass is 10.0. The van der Waals surface area contributed by atoms with Crippen LogP contribution in [0.25, 0.3) is 0 Å². The van der Waals surface area contributed by atoms with Gasteiger partial charge in [-0.2, -0.15) is 0 Å². The van der Waals surface area contributed by atoms with Crippen molar-refractivity contribution in [1.29, 1.82) is 0 Å². The summed E-state index contributed by atoms with van der Waals surface area (Å²) in [5.74, 6) is 1.03. The van der Waals surface area contributed by atoms with Gasteiger partial charge >= 0.3 is 0 Å². The summed E-state index contributed by atoms with van der Waals surface area (Å²) in [6.07, 6.45) is 0.108. The van der Waals surface area contributed by atoms with Crippen LogP contribution >= 0.6 is 0 Å². The first-order valence-corrected chi connectivity index (χ1v) is 9.32. The molecule has 1 aliphatic rings. The Bertz CT molecular complexity index is 954. The maximum Gasteiger partial charge on any atom is 0.268 e. The Morgan fingerprint density at radius 3 is 2.23 bits per heavy atom. The first kappa shape index (κ1) is 18.1. The third-order valence-corrected chi connectivity index (χ3v) is 6.11. The third kappa shape index (κ3) is 2.96. The summed E-state index contributed by atoms with van der Waals surface area (Å²) >= 11 is 0. The molecule has 0 amide bonds. The molecule has 0 radical (unpaired) electrons. The lowest BCUT2D eigenvalue weighted by Gasteiger charge is -2.30. The van der Waals surface area contributed by atoms with Crippen LogP contribution in [0.15, 0.2) is 41.3 Å². The largest absolute Gasteiger partial charge is 0.497 e. The number of benzene rings is 2. The first-order valence-electron chi connectivity index (χ1n) is 7.88. The van der Waals surface area contributed by atoms with Crippen LogP contribution in [0.4, 0.5) is 5.69 Å². The van der Waals surface area contributed by atoms with Crippen molar-refractivity contribution in [3.05, 3.63) is 42.0 Å². The second-order valence-electron chi connectivity index (χ2n) is 5.65. The molecule has 2 aromatic carbocycles. The molecule has 1 heterocycles. The van der Waals surface area contributed by atoms with Crippen LogP contribution in [0.5, 0.6) is 17.2 Å². The zero-order valence-electron chi connectivity index (χ0n) is 14.7. The van der Waals surface area contributed by atoms with Gasteiger partial charge in [0.1, 0.15) is 22.1 Å². The maximum absolute atomic E-state index is 13.3. The number of carbonyl (C=O) groups excluding carboxylic acids is 1. The van der Waals surface area contributed by atoms with E-state index in [-0.39, 0.29) is 29.4 Å². The van der Waals surface area contributed by atoms with Gasteiger partial charge in [-0.3, -0.25) is 9.10 Å². The van der Waals surface area contributed by atoms with Gasteiger partial charge in [0.15, 0.2) is 5.78 Å². The molecule has 0 unspecified atom stereocenters. The normalized spacial score (nSPS) is 14.0. The average Bonchev–Trinajstić information content (AvgIpc) is 2.67. The fourth-order valence-corrected chi connectivity index (χ4v) is 4.51. The molecule has 0 spiro atoms. The zero-order valence-corrected chi connectivity index (χ0v) is 15.5. The smallest absolute Gasteiger partial charge is 0.268 e. The van der Waals surface area contributed by atoms with Crippen molar-refractivity contribution in [3.8, 4) is 17.2 Å². The lowest BCUT2D eigenvalue weighted by Crippen LogP contribution is -2.37. The number of hydrogen-bond donors (Lipinski definition) is 0. The summed E-state index contributed by atoms with van der Waals surface area (Å²) in [7, 11) is 0.418. The van der Waals surface area contributed by atoms with Gasteiger partial charge in [-0.1, -0.05) is 0 Å². The summed E-state index contributed by atoms with van der Waals surface area (Å²) in [6.45, 7) is 0.0521. The summed E-state index contributed by atoms with van der Waals surface area (Å²) in [5, 5.41) is 0. The van der Waals surface area contributed by atoms with Gasteiger partial charge < -0.3 is 14.2 Å². The summed E-state index contributed by atoms with van der Waals surface area (Å²) < 4.78 is 43.3. The number of methoxy groups -OCH3 is 3. The van der Waals surface area contributed by atoms with E-state index in [1.54, 1.807) is 24.3 Å². The summed E-state index contributed by atoms with van der Waals surface area (Å²) in [4.78, 5) is 12.2. The van der Waals surface area contributed by atoms with Crippen LogP contribution in [0.2, 0.25) is 0 Å². The van der Waals surface area contributed by atoms with E-state index in [1.807, 2.05) is 0 Å². The molecular formula is C18H19NO6S. The molecule has 0 saturated heterocycles. The lowest BCUT2D eigenvalue weighted by molar-refractivity contribution is 0.0982. The van der Waals surface area contributed by atoms with Gasteiger partial charge in [-0.05, 0) is 24.3 Å². The van der Waals surface area contributed by atoms with Crippen LogP contribution in [0.1, 0.15) is 16.8 Å². The SMILES string of the molecule is COc1ccc(S(=O)(=O)N2CCC(=O)c3ccc(OC)cc32)c(OC)c1. The van der Waals surface area contributed by atoms with Gasteiger partial charge in [0, 0.05) is 30.7 Å². The summed E-state index contributed by atoms with van der Waals surface area (Å²) in [6, 6.07) is 9.28. The Kier molecular flexibility index (Phi) is 4.78. The molecule has 0 fully saturated rings. The van der Waals surface area contributed by atoms with E-state index in [4.69, 9.17) is 14.2 Å². The fraction of sp³-hybridized carbons (Fsp3) is 0.278. The van der Waals surface area contributed by atoms with E-state index in [0.717, 1.165) is 0 Å². The van der Waals surface area contributed by atoms with Crippen LogP contribution < -0.4 is 18.5 Å². The first-order chi connectivity index (χ1) is 12.4. The Labute approximate surface area is 152 Å². The van der Waals surface area contributed by atoms with Gasteiger partial charge in [0.05, 0.1) is 27.0 Å². The third-order valence-electron chi connectivity index (χ3n) is 4.25. The highest BCUT2D eigenvalue weighted by atomic mass is 32.2. The van der Waals surface area contributed by atoms with Crippen molar-refractivity contribution < 1.29 is 27.4 Å². The second kappa shape index (κ2) is 6.87. The van der Waals surface area contributed by atoms with E-state index in [1.165, 1.54) is 37.8 Å². The van der Waals surface area contributed by atoms with E-state index in [0.29, 0.717) is 22.7 Å². The highest BCUT2D eigenvalue weighted by molar-refractivity contribution is 7.93. The molecule has 0 saturated carbocycles. The van der Waals surface area contributed by atoms with Gasteiger partial charge in [-0.25, -0.2) is 8.42 Å². The zero-order chi connectivity index (χ0) is 18.9. The minimum Gasteiger partial charge on any atom is -0.497 e. The molecule has 3 rings (SSSR count). The number of rotatable bonds is 5. The van der Waals surface area contributed by atoms with Crippen LogP contribution in [-0.4, -0.2) is 42.1 Å². The number of Topliss-reactive ketones (excluding diaryl/α,β-unsaturated/α-hetero) is 1. The Morgan fingerprint density at radius 2 is 1.58 bits per heavy atom. The molecule has 138 valence electrons. The molecule has 0 aromatic heterocycles. The molecule has 0 atom stereocenters. The number of anilines is 1. The quantitative estimate of drug-likeness (QED) is 0.796. The van der Waals surface area contributed by atoms with Crippen LogP contribution in [0, 0.1) is 0 Å². The molecular weight excluding hydrogens is 358 g/mol. The molecule has 0 bridgehead atoms. The number of sulfonamides is 1. The number of ether oxygens (including phenoxy) is 3. The molecule has 2 aromatic rings. The Hall–Kier alpha value is -2.74. The van der Waals surface area contributed by atoms with Gasteiger partial charge in [0.2, 0.25) is 0 Å². The van der Waals surface area contributed by atoms with E-state index >= 15 is 0 Å². The highest BCUT2D eigenvalue weighted by Crippen LogP contribution is 2.37. The minimum atomic E-state index is -3.95. The number of fused-ring (bicyclic) bond motifs is 1.